The van der Waals surface area contributed by atoms with Crippen molar-refractivity contribution in [1.29, 1.82) is 0 Å². The average Bonchev–Trinajstić information content (AvgIpc) is 2.26. The Morgan fingerprint density at radius 1 is 1.24 bits per heavy atom. The fourth-order valence-electron chi connectivity index (χ4n) is 3.53. The Hall–Kier alpha value is -0.0800. The first-order valence-corrected chi connectivity index (χ1v) is 7.72. The summed E-state index contributed by atoms with van der Waals surface area (Å²) in [5, 5.41) is 3.67. The summed E-state index contributed by atoms with van der Waals surface area (Å²) in [5.74, 6) is 1.91. The molecule has 0 bridgehead atoms. The van der Waals surface area contributed by atoms with Crippen molar-refractivity contribution in [3.8, 4) is 0 Å². The molecule has 2 aliphatic rings. The van der Waals surface area contributed by atoms with E-state index in [1.54, 1.807) is 0 Å². The van der Waals surface area contributed by atoms with Gasteiger partial charge in [0.1, 0.15) is 0 Å². The Morgan fingerprint density at radius 2 is 2.00 bits per heavy atom. The highest BCUT2D eigenvalue weighted by Crippen LogP contribution is 2.34. The van der Waals surface area contributed by atoms with Crippen LogP contribution >= 0.6 is 0 Å². The SMILES string of the molecule is CCNC1CC(CC)CN(C(C)C2CCC2)C1. The molecule has 1 N–H and O–H groups in total. The second kappa shape index (κ2) is 6.19. The molecule has 3 unspecified atom stereocenters. The summed E-state index contributed by atoms with van der Waals surface area (Å²) in [7, 11) is 0. The predicted molar refractivity (Wildman–Crippen MR) is 74.2 cm³/mol. The number of hydrogen-bond acceptors (Lipinski definition) is 2. The molecule has 0 amide bonds. The summed E-state index contributed by atoms with van der Waals surface area (Å²) >= 11 is 0. The normalized spacial score (nSPS) is 33.4. The Balaban J connectivity index is 1.90. The van der Waals surface area contributed by atoms with E-state index in [4.69, 9.17) is 0 Å². The molecular formula is C15H30N2. The van der Waals surface area contributed by atoms with E-state index >= 15 is 0 Å². The molecular weight excluding hydrogens is 208 g/mol. The van der Waals surface area contributed by atoms with E-state index in [2.05, 4.69) is 31.0 Å². The van der Waals surface area contributed by atoms with Crippen LogP contribution in [0.15, 0.2) is 0 Å². The molecule has 100 valence electrons. The lowest BCUT2D eigenvalue weighted by molar-refractivity contribution is 0.0511. The van der Waals surface area contributed by atoms with Gasteiger partial charge in [-0.05, 0) is 44.6 Å². The van der Waals surface area contributed by atoms with Crippen molar-refractivity contribution in [2.24, 2.45) is 11.8 Å². The van der Waals surface area contributed by atoms with Crippen molar-refractivity contribution < 1.29 is 0 Å². The molecule has 3 atom stereocenters. The van der Waals surface area contributed by atoms with Crippen LogP contribution < -0.4 is 5.32 Å². The van der Waals surface area contributed by atoms with Crippen molar-refractivity contribution in [2.75, 3.05) is 19.6 Å². The molecule has 2 nitrogen and oxygen atoms in total. The van der Waals surface area contributed by atoms with Crippen molar-refractivity contribution >= 4 is 0 Å². The van der Waals surface area contributed by atoms with Crippen LogP contribution in [0.25, 0.3) is 0 Å². The van der Waals surface area contributed by atoms with Crippen molar-refractivity contribution in [1.82, 2.24) is 10.2 Å². The first-order chi connectivity index (χ1) is 8.24. The quantitative estimate of drug-likeness (QED) is 0.792. The standard InChI is InChI=1S/C15H30N2/c1-4-13-9-15(16-5-2)11-17(10-13)12(3)14-7-6-8-14/h12-16H,4-11H2,1-3H3. The third-order valence-electron chi connectivity index (χ3n) is 5.04. The molecule has 17 heavy (non-hydrogen) atoms. The van der Waals surface area contributed by atoms with E-state index < -0.39 is 0 Å². The zero-order valence-corrected chi connectivity index (χ0v) is 11.9. The minimum Gasteiger partial charge on any atom is -0.313 e. The van der Waals surface area contributed by atoms with E-state index in [1.165, 1.54) is 45.2 Å². The van der Waals surface area contributed by atoms with Crippen LogP contribution in [0.5, 0.6) is 0 Å². The molecule has 2 heteroatoms. The summed E-state index contributed by atoms with van der Waals surface area (Å²) in [6.45, 7) is 10.8. The lowest BCUT2D eigenvalue weighted by atomic mass is 9.78. The van der Waals surface area contributed by atoms with Crippen molar-refractivity contribution in [3.63, 3.8) is 0 Å². The molecule has 1 saturated heterocycles. The van der Waals surface area contributed by atoms with Gasteiger partial charge in [0.2, 0.25) is 0 Å². The molecule has 1 heterocycles. The Morgan fingerprint density at radius 3 is 2.53 bits per heavy atom. The van der Waals surface area contributed by atoms with Crippen LogP contribution in [0, 0.1) is 11.8 Å². The number of nitrogens with one attached hydrogen (secondary N) is 1. The smallest absolute Gasteiger partial charge is 0.0198 e. The second-order valence-electron chi connectivity index (χ2n) is 6.15. The van der Waals surface area contributed by atoms with Gasteiger partial charge in [0.05, 0.1) is 0 Å². The molecule has 0 aromatic carbocycles. The van der Waals surface area contributed by atoms with Gasteiger partial charge in [0, 0.05) is 25.2 Å². The molecule has 0 aromatic heterocycles. The number of piperidine rings is 1. The van der Waals surface area contributed by atoms with Crippen LogP contribution in [0.3, 0.4) is 0 Å². The average molecular weight is 238 g/mol. The van der Waals surface area contributed by atoms with E-state index in [-0.39, 0.29) is 0 Å². The number of likely N-dealkylation sites (tertiary alicyclic amines) is 1. The van der Waals surface area contributed by atoms with Crippen LogP contribution in [-0.4, -0.2) is 36.6 Å². The van der Waals surface area contributed by atoms with Gasteiger partial charge in [-0.3, -0.25) is 4.90 Å². The van der Waals surface area contributed by atoms with Crippen molar-refractivity contribution in [3.05, 3.63) is 0 Å². The lowest BCUT2D eigenvalue weighted by Gasteiger charge is -2.45. The predicted octanol–water partition coefficient (Wildman–Crippen LogP) is 2.89. The van der Waals surface area contributed by atoms with Gasteiger partial charge >= 0.3 is 0 Å². The zero-order valence-electron chi connectivity index (χ0n) is 11.9. The van der Waals surface area contributed by atoms with Crippen LogP contribution in [0.1, 0.15) is 52.9 Å². The zero-order chi connectivity index (χ0) is 12.3. The second-order valence-corrected chi connectivity index (χ2v) is 6.15. The van der Waals surface area contributed by atoms with Crippen LogP contribution in [0.2, 0.25) is 0 Å². The molecule has 0 spiro atoms. The molecule has 0 aromatic rings. The summed E-state index contributed by atoms with van der Waals surface area (Å²) < 4.78 is 0. The van der Waals surface area contributed by atoms with E-state index in [9.17, 15) is 0 Å². The molecule has 2 fully saturated rings. The highest BCUT2D eigenvalue weighted by molar-refractivity contribution is 4.89. The van der Waals surface area contributed by atoms with Crippen LogP contribution in [0.4, 0.5) is 0 Å². The summed E-state index contributed by atoms with van der Waals surface area (Å²) in [6.07, 6.45) is 7.14. The number of nitrogens with zero attached hydrogens (tertiary/aromatic N) is 1. The Labute approximate surface area is 107 Å². The summed E-state index contributed by atoms with van der Waals surface area (Å²) in [6, 6.07) is 1.56. The number of rotatable bonds is 5. The van der Waals surface area contributed by atoms with Gasteiger partial charge in [-0.15, -0.1) is 0 Å². The minimum absolute atomic E-state index is 0.737. The summed E-state index contributed by atoms with van der Waals surface area (Å²) in [5.41, 5.74) is 0. The van der Waals surface area contributed by atoms with Gasteiger partial charge in [-0.2, -0.15) is 0 Å². The van der Waals surface area contributed by atoms with Crippen LogP contribution in [-0.2, 0) is 0 Å². The molecule has 1 saturated carbocycles. The van der Waals surface area contributed by atoms with Gasteiger partial charge in [-0.1, -0.05) is 26.7 Å². The third-order valence-corrected chi connectivity index (χ3v) is 5.04. The topological polar surface area (TPSA) is 15.3 Å². The minimum atomic E-state index is 0.737. The first kappa shape index (κ1) is 13.4. The largest absolute Gasteiger partial charge is 0.313 e. The van der Waals surface area contributed by atoms with Crippen molar-refractivity contribution in [2.45, 2.75) is 65.0 Å². The highest BCUT2D eigenvalue weighted by Gasteiger charge is 2.33. The highest BCUT2D eigenvalue weighted by atomic mass is 15.2. The maximum absolute atomic E-state index is 3.67. The summed E-state index contributed by atoms with van der Waals surface area (Å²) in [4.78, 5) is 2.77. The third kappa shape index (κ3) is 3.23. The molecule has 1 aliphatic carbocycles. The maximum atomic E-state index is 3.67. The van der Waals surface area contributed by atoms with Gasteiger partial charge in [0.25, 0.3) is 0 Å². The van der Waals surface area contributed by atoms with E-state index in [0.717, 1.165) is 30.5 Å². The lowest BCUT2D eigenvalue weighted by Crippen LogP contribution is -2.54. The molecule has 0 radical (unpaired) electrons. The van der Waals surface area contributed by atoms with E-state index in [1.807, 2.05) is 0 Å². The molecule has 1 aliphatic heterocycles. The van der Waals surface area contributed by atoms with Gasteiger partial charge in [-0.25, -0.2) is 0 Å². The fraction of sp³-hybridized carbons (Fsp3) is 1.00. The Kier molecular flexibility index (Phi) is 4.87. The van der Waals surface area contributed by atoms with Gasteiger partial charge < -0.3 is 5.32 Å². The monoisotopic (exact) mass is 238 g/mol. The first-order valence-electron chi connectivity index (χ1n) is 7.72. The fourth-order valence-corrected chi connectivity index (χ4v) is 3.53. The number of likely N-dealkylation sites (N-methyl/N-ethyl adjacent to an activating group) is 1. The number of hydrogen-bond donors (Lipinski definition) is 1. The molecule has 2 rings (SSSR count). The van der Waals surface area contributed by atoms with Gasteiger partial charge in [0.15, 0.2) is 0 Å². The Bertz CT molecular complexity index is 225. The van der Waals surface area contributed by atoms with E-state index in [0.29, 0.717) is 0 Å². The maximum Gasteiger partial charge on any atom is 0.0198 e.